The second kappa shape index (κ2) is 6.37. The van der Waals surface area contributed by atoms with Crippen LogP contribution >= 0.6 is 11.8 Å². The fourth-order valence-corrected chi connectivity index (χ4v) is 3.47. The molecule has 2 aromatic carbocycles. The Hall–Kier alpha value is -2.79. The molecule has 0 atom stereocenters. The van der Waals surface area contributed by atoms with E-state index >= 15 is 0 Å². The lowest BCUT2D eigenvalue weighted by molar-refractivity contribution is 1.22. The Labute approximate surface area is 145 Å². The molecule has 1 aliphatic heterocycles. The summed E-state index contributed by atoms with van der Waals surface area (Å²) < 4.78 is 0. The lowest BCUT2D eigenvalue weighted by atomic mass is 10.1. The molecule has 0 spiro atoms. The van der Waals surface area contributed by atoms with E-state index < -0.39 is 0 Å². The summed E-state index contributed by atoms with van der Waals surface area (Å²) in [7, 11) is 0. The van der Waals surface area contributed by atoms with Gasteiger partial charge in [0.1, 0.15) is 5.82 Å². The van der Waals surface area contributed by atoms with E-state index in [0.29, 0.717) is 0 Å². The van der Waals surface area contributed by atoms with Crippen molar-refractivity contribution in [2.24, 2.45) is 5.10 Å². The zero-order valence-electron chi connectivity index (χ0n) is 13.2. The van der Waals surface area contributed by atoms with Gasteiger partial charge in [-0.3, -0.25) is 5.43 Å². The molecule has 1 aliphatic rings. The van der Waals surface area contributed by atoms with Gasteiger partial charge in [-0.15, -0.1) is 0 Å². The third-order valence-electron chi connectivity index (χ3n) is 3.78. The van der Waals surface area contributed by atoms with Gasteiger partial charge in [0, 0.05) is 16.0 Å². The van der Waals surface area contributed by atoms with Gasteiger partial charge in [-0.2, -0.15) is 5.10 Å². The molecule has 0 bridgehead atoms. The number of nitrogens with zero attached hydrogens (tertiary/aromatic N) is 2. The highest BCUT2D eigenvalue weighted by molar-refractivity contribution is 7.99. The second-order valence-electron chi connectivity index (χ2n) is 5.46. The van der Waals surface area contributed by atoms with Crippen molar-refractivity contribution in [1.29, 1.82) is 0 Å². The molecule has 2 N–H and O–H groups in total. The van der Waals surface area contributed by atoms with E-state index in [1.54, 1.807) is 18.0 Å². The minimum atomic E-state index is 0.734. The van der Waals surface area contributed by atoms with Crippen molar-refractivity contribution in [1.82, 2.24) is 4.98 Å². The summed E-state index contributed by atoms with van der Waals surface area (Å²) >= 11 is 1.79. The standard InChI is InChI=1S/C19H16N4S/c1-13(22-23-19-8-4-5-11-20-19)14-9-10-18-16(12-14)21-15-6-2-3-7-17(15)24-18/h2-12,21H,1H3,(H,20,23)/b22-13-. The van der Waals surface area contributed by atoms with Crippen molar-refractivity contribution in [2.45, 2.75) is 16.7 Å². The molecule has 0 radical (unpaired) electrons. The molecular formula is C19H16N4S. The highest BCUT2D eigenvalue weighted by Crippen LogP contribution is 2.44. The molecule has 0 fully saturated rings. The first kappa shape index (κ1) is 14.8. The smallest absolute Gasteiger partial charge is 0.146 e. The third kappa shape index (κ3) is 2.98. The molecule has 0 amide bonds. The maximum Gasteiger partial charge on any atom is 0.146 e. The molecule has 2 heterocycles. The van der Waals surface area contributed by atoms with Gasteiger partial charge >= 0.3 is 0 Å². The van der Waals surface area contributed by atoms with Crippen LogP contribution in [0, 0.1) is 0 Å². The molecule has 0 unspecified atom stereocenters. The van der Waals surface area contributed by atoms with Crippen molar-refractivity contribution < 1.29 is 0 Å². The Kier molecular flexibility index (Phi) is 3.92. The van der Waals surface area contributed by atoms with E-state index in [4.69, 9.17) is 0 Å². The summed E-state index contributed by atoms with van der Waals surface area (Å²) in [6, 6.07) is 20.4. The Balaban J connectivity index is 1.58. The number of aromatic nitrogens is 1. The van der Waals surface area contributed by atoms with E-state index in [0.717, 1.165) is 28.5 Å². The molecule has 4 nitrogen and oxygen atoms in total. The quantitative estimate of drug-likeness (QED) is 0.403. The largest absolute Gasteiger partial charge is 0.354 e. The van der Waals surface area contributed by atoms with Crippen LogP contribution in [0.3, 0.4) is 0 Å². The van der Waals surface area contributed by atoms with Gasteiger partial charge in [0.2, 0.25) is 0 Å². The molecule has 1 aromatic heterocycles. The Morgan fingerprint density at radius 3 is 2.71 bits per heavy atom. The predicted molar refractivity (Wildman–Crippen MR) is 100 cm³/mol. The first-order chi connectivity index (χ1) is 11.8. The minimum Gasteiger partial charge on any atom is -0.354 e. The average molecular weight is 332 g/mol. The number of anilines is 3. The van der Waals surface area contributed by atoms with Crippen molar-refractivity contribution in [3.8, 4) is 0 Å². The molecule has 0 saturated heterocycles. The minimum absolute atomic E-state index is 0.734. The van der Waals surface area contributed by atoms with Crippen LogP contribution in [-0.4, -0.2) is 10.7 Å². The maximum absolute atomic E-state index is 4.43. The lowest BCUT2D eigenvalue weighted by Crippen LogP contribution is -2.04. The van der Waals surface area contributed by atoms with Gasteiger partial charge < -0.3 is 5.32 Å². The maximum atomic E-state index is 4.43. The van der Waals surface area contributed by atoms with Gasteiger partial charge in [-0.1, -0.05) is 36.0 Å². The van der Waals surface area contributed by atoms with Crippen molar-refractivity contribution in [3.63, 3.8) is 0 Å². The van der Waals surface area contributed by atoms with Gasteiger partial charge in [-0.05, 0) is 48.9 Å². The number of rotatable bonds is 3. The molecule has 4 rings (SSSR count). The van der Waals surface area contributed by atoms with Crippen molar-refractivity contribution >= 4 is 34.7 Å². The van der Waals surface area contributed by atoms with E-state index in [1.807, 2.05) is 31.2 Å². The van der Waals surface area contributed by atoms with Crippen LogP contribution in [-0.2, 0) is 0 Å². The molecule has 0 aliphatic carbocycles. The number of fused-ring (bicyclic) bond motifs is 2. The summed E-state index contributed by atoms with van der Waals surface area (Å²) in [6.07, 6.45) is 1.74. The number of nitrogens with one attached hydrogen (secondary N) is 2. The van der Waals surface area contributed by atoms with Crippen LogP contribution in [0.15, 0.2) is 81.8 Å². The Morgan fingerprint density at radius 2 is 1.83 bits per heavy atom. The van der Waals surface area contributed by atoms with E-state index in [9.17, 15) is 0 Å². The van der Waals surface area contributed by atoms with Gasteiger partial charge in [-0.25, -0.2) is 4.98 Å². The average Bonchev–Trinajstić information content (AvgIpc) is 2.64. The Bertz CT molecular complexity index is 906. The van der Waals surface area contributed by atoms with Crippen LogP contribution in [0.1, 0.15) is 12.5 Å². The van der Waals surface area contributed by atoms with Gasteiger partial charge in [0.15, 0.2) is 0 Å². The van der Waals surface area contributed by atoms with Crippen molar-refractivity contribution in [2.75, 3.05) is 10.7 Å². The van der Waals surface area contributed by atoms with Crippen LogP contribution in [0.4, 0.5) is 17.2 Å². The van der Waals surface area contributed by atoms with Crippen molar-refractivity contribution in [3.05, 3.63) is 72.4 Å². The number of pyridine rings is 1. The topological polar surface area (TPSA) is 49.3 Å². The Morgan fingerprint density at radius 1 is 1.00 bits per heavy atom. The SMILES string of the molecule is C/C(=N/Nc1ccccn1)c1ccc2c(c1)Nc1ccccc1S2. The summed E-state index contributed by atoms with van der Waals surface area (Å²) in [5.74, 6) is 0.734. The number of para-hydroxylation sites is 1. The van der Waals surface area contributed by atoms with Crippen LogP contribution in [0.25, 0.3) is 0 Å². The van der Waals surface area contributed by atoms with Gasteiger partial charge in [0.05, 0.1) is 17.1 Å². The van der Waals surface area contributed by atoms with E-state index in [-0.39, 0.29) is 0 Å². The third-order valence-corrected chi connectivity index (χ3v) is 4.93. The number of hydrogen-bond donors (Lipinski definition) is 2. The second-order valence-corrected chi connectivity index (χ2v) is 6.54. The lowest BCUT2D eigenvalue weighted by Gasteiger charge is -2.21. The molecule has 118 valence electrons. The summed E-state index contributed by atoms with van der Waals surface area (Å²) in [4.78, 5) is 6.68. The van der Waals surface area contributed by atoms with E-state index in [1.165, 1.54) is 9.79 Å². The van der Waals surface area contributed by atoms with Gasteiger partial charge in [0.25, 0.3) is 0 Å². The first-order valence-electron chi connectivity index (χ1n) is 7.69. The number of benzene rings is 2. The number of hydrazone groups is 1. The zero-order chi connectivity index (χ0) is 16.4. The molecule has 0 saturated carbocycles. The first-order valence-corrected chi connectivity index (χ1v) is 8.51. The molecular weight excluding hydrogens is 316 g/mol. The monoisotopic (exact) mass is 332 g/mol. The molecule has 5 heteroatoms. The van der Waals surface area contributed by atoms with E-state index in [2.05, 4.69) is 57.2 Å². The van der Waals surface area contributed by atoms with Crippen LogP contribution < -0.4 is 10.7 Å². The highest BCUT2D eigenvalue weighted by Gasteiger charge is 2.15. The molecule has 3 aromatic rings. The number of hydrogen-bond acceptors (Lipinski definition) is 5. The normalized spacial score (nSPS) is 12.8. The summed E-state index contributed by atoms with van der Waals surface area (Å²) in [6.45, 7) is 1.99. The fourth-order valence-electron chi connectivity index (χ4n) is 2.50. The highest BCUT2D eigenvalue weighted by atomic mass is 32.2. The molecule has 24 heavy (non-hydrogen) atoms. The van der Waals surface area contributed by atoms with Crippen LogP contribution in [0.5, 0.6) is 0 Å². The summed E-state index contributed by atoms with van der Waals surface area (Å²) in [5, 5.41) is 7.93. The van der Waals surface area contributed by atoms with Crippen LogP contribution in [0.2, 0.25) is 0 Å². The fraction of sp³-hybridized carbons (Fsp3) is 0.0526. The summed E-state index contributed by atoms with van der Waals surface area (Å²) in [5.41, 5.74) is 7.24. The zero-order valence-corrected chi connectivity index (χ0v) is 14.0. The predicted octanol–water partition coefficient (Wildman–Crippen LogP) is 5.13.